The molecule has 6 heteroatoms. The fraction of sp³-hybridized carbons (Fsp3) is 0.462. The minimum Gasteiger partial charge on any atom is -0.382 e. The molecule has 0 saturated carbocycles. The minimum atomic E-state index is -0.222. The van der Waals surface area contributed by atoms with Crippen molar-refractivity contribution in [3.05, 3.63) is 71.3 Å². The van der Waals surface area contributed by atoms with Crippen molar-refractivity contribution in [2.45, 2.75) is 43.8 Å². The molecule has 3 amide bonds. The maximum absolute atomic E-state index is 13.5. The Bertz CT molecular complexity index is 979. The van der Waals surface area contributed by atoms with E-state index >= 15 is 0 Å². The fourth-order valence-electron chi connectivity index (χ4n) is 5.81. The molecular weight excluding hydrogens is 402 g/mol. The van der Waals surface area contributed by atoms with Crippen LogP contribution in [0, 0.1) is 5.92 Å². The summed E-state index contributed by atoms with van der Waals surface area (Å²) in [6.07, 6.45) is 3.44. The molecule has 3 aliphatic heterocycles. The number of nitrogens with zero attached hydrogens (tertiary/aromatic N) is 2. The van der Waals surface area contributed by atoms with Crippen molar-refractivity contribution in [1.29, 1.82) is 0 Å². The summed E-state index contributed by atoms with van der Waals surface area (Å²) in [5.74, 6) is 0.114. The molecule has 2 aromatic rings. The smallest absolute Gasteiger partial charge is 0.318 e. The molecule has 168 valence electrons. The zero-order valence-electron chi connectivity index (χ0n) is 18.6. The normalized spacial score (nSPS) is 25.4. The lowest BCUT2D eigenvalue weighted by molar-refractivity contribution is -0.148. The second-order valence-electron chi connectivity index (χ2n) is 9.11. The quantitative estimate of drug-likeness (QED) is 0.800. The standard InChI is InChI=1S/C26H31N3O3/c1-32-17-22(19-9-3-2-4-10-19)27-26(31)29-14-7-12-21-24(29)16-23-20-11-6-5-8-18(20)13-15-28(23)25(21)30/h2-6,8-11,21-24H,7,12-17H2,1H3,(H,27,31)/t21-,22+,23+,24-/m1/s1. The van der Waals surface area contributed by atoms with Crippen molar-refractivity contribution in [2.75, 3.05) is 26.8 Å². The van der Waals surface area contributed by atoms with Crippen LogP contribution in [0.3, 0.4) is 0 Å². The number of carbonyl (C=O) groups excluding carboxylic acids is 2. The van der Waals surface area contributed by atoms with Gasteiger partial charge in [-0.15, -0.1) is 0 Å². The monoisotopic (exact) mass is 433 g/mol. The lowest BCUT2D eigenvalue weighted by Crippen LogP contribution is -2.61. The molecule has 5 rings (SSSR count). The average Bonchev–Trinajstić information content (AvgIpc) is 2.84. The Hall–Kier alpha value is -2.86. The number of piperidine rings is 2. The number of benzene rings is 2. The molecule has 3 heterocycles. The number of carbonyl (C=O) groups is 2. The van der Waals surface area contributed by atoms with Crippen LogP contribution < -0.4 is 5.32 Å². The lowest BCUT2D eigenvalue weighted by Gasteiger charge is -2.51. The van der Waals surface area contributed by atoms with Gasteiger partial charge < -0.3 is 19.9 Å². The Labute approximate surface area is 189 Å². The van der Waals surface area contributed by atoms with Crippen molar-refractivity contribution in [3.63, 3.8) is 0 Å². The van der Waals surface area contributed by atoms with Gasteiger partial charge in [-0.2, -0.15) is 0 Å². The average molecular weight is 434 g/mol. The molecule has 32 heavy (non-hydrogen) atoms. The molecule has 3 aliphatic rings. The highest BCUT2D eigenvalue weighted by Gasteiger charge is 2.48. The van der Waals surface area contributed by atoms with E-state index in [1.807, 2.05) is 35.2 Å². The largest absolute Gasteiger partial charge is 0.382 e. The van der Waals surface area contributed by atoms with Crippen LogP contribution in [0.2, 0.25) is 0 Å². The van der Waals surface area contributed by atoms with Gasteiger partial charge in [0.05, 0.1) is 24.6 Å². The number of urea groups is 1. The third-order valence-electron chi connectivity index (χ3n) is 7.35. The van der Waals surface area contributed by atoms with Crippen molar-refractivity contribution in [2.24, 2.45) is 5.92 Å². The van der Waals surface area contributed by atoms with Gasteiger partial charge in [-0.3, -0.25) is 4.79 Å². The van der Waals surface area contributed by atoms with Crippen molar-refractivity contribution in [1.82, 2.24) is 15.1 Å². The fourth-order valence-corrected chi connectivity index (χ4v) is 5.81. The lowest BCUT2D eigenvalue weighted by atomic mass is 9.76. The number of hydrogen-bond acceptors (Lipinski definition) is 3. The van der Waals surface area contributed by atoms with Gasteiger partial charge in [0, 0.05) is 26.2 Å². The van der Waals surface area contributed by atoms with Gasteiger partial charge in [-0.25, -0.2) is 4.79 Å². The Morgan fingerprint density at radius 1 is 1.12 bits per heavy atom. The van der Waals surface area contributed by atoms with Crippen LogP contribution in [0.25, 0.3) is 0 Å². The first-order valence-electron chi connectivity index (χ1n) is 11.7. The van der Waals surface area contributed by atoms with Gasteiger partial charge in [0.25, 0.3) is 0 Å². The van der Waals surface area contributed by atoms with E-state index in [1.54, 1.807) is 7.11 Å². The molecule has 2 fully saturated rings. The highest BCUT2D eigenvalue weighted by atomic mass is 16.5. The molecule has 4 atom stereocenters. The summed E-state index contributed by atoms with van der Waals surface area (Å²) < 4.78 is 5.39. The van der Waals surface area contributed by atoms with Gasteiger partial charge in [-0.05, 0) is 42.4 Å². The number of likely N-dealkylation sites (tertiary alicyclic amines) is 1. The van der Waals surface area contributed by atoms with E-state index in [0.29, 0.717) is 13.2 Å². The molecule has 0 radical (unpaired) electrons. The topological polar surface area (TPSA) is 61.9 Å². The third-order valence-corrected chi connectivity index (χ3v) is 7.35. The summed E-state index contributed by atoms with van der Waals surface area (Å²) in [5, 5.41) is 3.18. The summed E-state index contributed by atoms with van der Waals surface area (Å²) in [5.41, 5.74) is 3.59. The van der Waals surface area contributed by atoms with E-state index in [2.05, 4.69) is 34.5 Å². The highest BCUT2D eigenvalue weighted by molar-refractivity contribution is 5.83. The van der Waals surface area contributed by atoms with Crippen LogP contribution in [0.15, 0.2) is 54.6 Å². The minimum absolute atomic E-state index is 0.0611. The Morgan fingerprint density at radius 3 is 2.72 bits per heavy atom. The molecule has 1 N–H and O–H groups in total. The van der Waals surface area contributed by atoms with Crippen molar-refractivity contribution < 1.29 is 14.3 Å². The molecule has 6 nitrogen and oxygen atoms in total. The second kappa shape index (κ2) is 8.94. The SMILES string of the molecule is COC[C@H](NC(=O)N1CCC[C@H]2C(=O)N3CCc4ccccc4[C@@H]3C[C@H]21)c1ccccc1. The summed E-state index contributed by atoms with van der Waals surface area (Å²) >= 11 is 0. The molecule has 2 aromatic carbocycles. The first-order chi connectivity index (χ1) is 15.7. The number of amides is 3. The summed E-state index contributed by atoms with van der Waals surface area (Å²) in [7, 11) is 1.65. The first-order valence-corrected chi connectivity index (χ1v) is 11.7. The molecule has 0 aliphatic carbocycles. The van der Waals surface area contributed by atoms with Crippen molar-refractivity contribution >= 4 is 11.9 Å². The van der Waals surface area contributed by atoms with Crippen LogP contribution in [0.1, 0.15) is 48.0 Å². The molecule has 0 aromatic heterocycles. The maximum Gasteiger partial charge on any atom is 0.318 e. The second-order valence-corrected chi connectivity index (χ2v) is 9.11. The Balaban J connectivity index is 1.38. The molecule has 0 spiro atoms. The van der Waals surface area contributed by atoms with Crippen LogP contribution in [0.5, 0.6) is 0 Å². The molecular formula is C26H31N3O3. The van der Waals surface area contributed by atoms with E-state index in [4.69, 9.17) is 4.74 Å². The Morgan fingerprint density at radius 2 is 1.91 bits per heavy atom. The number of hydrogen-bond donors (Lipinski definition) is 1. The first kappa shape index (κ1) is 21.0. The number of methoxy groups -OCH3 is 1. The Kier molecular flexibility index (Phi) is 5.87. The van der Waals surface area contributed by atoms with Crippen LogP contribution >= 0.6 is 0 Å². The van der Waals surface area contributed by atoms with Crippen LogP contribution in [-0.2, 0) is 16.0 Å². The van der Waals surface area contributed by atoms with Gasteiger partial charge in [0.15, 0.2) is 0 Å². The van der Waals surface area contributed by atoms with Gasteiger partial charge in [-0.1, -0.05) is 54.6 Å². The van der Waals surface area contributed by atoms with Crippen molar-refractivity contribution in [3.8, 4) is 0 Å². The summed E-state index contributed by atoms with van der Waals surface area (Å²) in [6, 6.07) is 18.0. The number of nitrogens with one attached hydrogen (secondary N) is 1. The molecule has 0 unspecified atom stereocenters. The summed E-state index contributed by atoms with van der Waals surface area (Å²) in [4.78, 5) is 30.9. The zero-order valence-corrected chi connectivity index (χ0v) is 18.6. The van der Waals surface area contributed by atoms with Gasteiger partial charge in [0.2, 0.25) is 5.91 Å². The number of ether oxygens (including phenoxy) is 1. The van der Waals surface area contributed by atoms with E-state index in [-0.39, 0.29) is 36.0 Å². The maximum atomic E-state index is 13.5. The molecule has 2 saturated heterocycles. The van der Waals surface area contributed by atoms with E-state index in [1.165, 1.54) is 11.1 Å². The predicted octanol–water partition coefficient (Wildman–Crippen LogP) is 3.69. The third kappa shape index (κ3) is 3.77. The van der Waals surface area contributed by atoms with Gasteiger partial charge in [0.1, 0.15) is 0 Å². The number of rotatable bonds is 4. The zero-order chi connectivity index (χ0) is 22.1. The summed E-state index contributed by atoms with van der Waals surface area (Å²) in [6.45, 7) is 1.86. The number of fused-ring (bicyclic) bond motifs is 4. The highest BCUT2D eigenvalue weighted by Crippen LogP contribution is 2.43. The van der Waals surface area contributed by atoms with Crippen LogP contribution in [-0.4, -0.2) is 54.6 Å². The van der Waals surface area contributed by atoms with Gasteiger partial charge >= 0.3 is 6.03 Å². The predicted molar refractivity (Wildman–Crippen MR) is 122 cm³/mol. The van der Waals surface area contributed by atoms with E-state index in [9.17, 15) is 9.59 Å². The van der Waals surface area contributed by atoms with Crippen LogP contribution in [0.4, 0.5) is 4.79 Å². The van der Waals surface area contributed by atoms with E-state index in [0.717, 1.165) is 37.8 Å². The molecule has 0 bridgehead atoms. The van der Waals surface area contributed by atoms with E-state index < -0.39 is 0 Å².